The maximum Gasteiger partial charge on any atom is 0.146 e. The highest BCUT2D eigenvalue weighted by Gasteiger charge is 2.17. The lowest BCUT2D eigenvalue weighted by Crippen LogP contribution is -2.31. The third-order valence-electron chi connectivity index (χ3n) is 2.95. The Kier molecular flexibility index (Phi) is 4.47. The number of aromatic nitrogens is 1. The molecular formula is C14H15ClFN3. The van der Waals surface area contributed by atoms with Crippen LogP contribution in [0.2, 0.25) is 5.02 Å². The lowest BCUT2D eigenvalue weighted by Gasteiger charge is -2.17. The number of hydrazine groups is 1. The van der Waals surface area contributed by atoms with E-state index in [1.807, 2.05) is 25.1 Å². The van der Waals surface area contributed by atoms with Crippen LogP contribution in [-0.2, 0) is 6.42 Å². The van der Waals surface area contributed by atoms with Gasteiger partial charge in [-0.3, -0.25) is 16.3 Å². The molecule has 0 fully saturated rings. The van der Waals surface area contributed by atoms with Crippen LogP contribution in [0.3, 0.4) is 0 Å². The number of hydrogen-bond donors (Lipinski definition) is 2. The van der Waals surface area contributed by atoms with Crippen LogP contribution in [0.1, 0.15) is 22.9 Å². The zero-order valence-corrected chi connectivity index (χ0v) is 11.3. The molecule has 19 heavy (non-hydrogen) atoms. The van der Waals surface area contributed by atoms with Gasteiger partial charge < -0.3 is 0 Å². The normalized spacial score (nSPS) is 12.4. The summed E-state index contributed by atoms with van der Waals surface area (Å²) in [6.45, 7) is 1.97. The minimum absolute atomic E-state index is 0.293. The highest BCUT2D eigenvalue weighted by Crippen LogP contribution is 2.24. The quantitative estimate of drug-likeness (QED) is 0.668. The average molecular weight is 280 g/mol. The van der Waals surface area contributed by atoms with Crippen molar-refractivity contribution >= 4 is 11.6 Å². The molecule has 0 amide bonds. The van der Waals surface area contributed by atoms with Gasteiger partial charge in [0.2, 0.25) is 0 Å². The van der Waals surface area contributed by atoms with Gasteiger partial charge in [-0.25, -0.2) is 4.39 Å². The Morgan fingerprint density at radius 3 is 2.84 bits per heavy atom. The van der Waals surface area contributed by atoms with Crippen molar-refractivity contribution in [2.45, 2.75) is 19.4 Å². The summed E-state index contributed by atoms with van der Waals surface area (Å²) in [6.07, 6.45) is 2.02. The lowest BCUT2D eigenvalue weighted by atomic mass is 10.0. The van der Waals surface area contributed by atoms with Crippen molar-refractivity contribution in [2.24, 2.45) is 5.84 Å². The molecule has 0 saturated carbocycles. The summed E-state index contributed by atoms with van der Waals surface area (Å²) in [5.74, 6) is 5.12. The molecule has 0 aliphatic rings. The monoisotopic (exact) mass is 279 g/mol. The van der Waals surface area contributed by atoms with Gasteiger partial charge >= 0.3 is 0 Å². The van der Waals surface area contributed by atoms with E-state index in [1.54, 1.807) is 12.3 Å². The molecular weight excluding hydrogens is 265 g/mol. The van der Waals surface area contributed by atoms with Crippen LogP contribution in [0.4, 0.5) is 4.39 Å². The number of pyridine rings is 1. The molecule has 1 aromatic carbocycles. The molecule has 0 radical (unpaired) electrons. The van der Waals surface area contributed by atoms with E-state index in [-0.39, 0.29) is 5.82 Å². The molecule has 1 atom stereocenters. The summed E-state index contributed by atoms with van der Waals surface area (Å²) in [7, 11) is 0. The first kappa shape index (κ1) is 13.9. The topological polar surface area (TPSA) is 50.9 Å². The first-order valence-electron chi connectivity index (χ1n) is 5.93. The van der Waals surface area contributed by atoms with Crippen LogP contribution in [0.15, 0.2) is 36.5 Å². The number of hydrogen-bond acceptors (Lipinski definition) is 3. The smallest absolute Gasteiger partial charge is 0.146 e. The van der Waals surface area contributed by atoms with Crippen molar-refractivity contribution in [3.8, 4) is 0 Å². The molecule has 1 unspecified atom stereocenters. The van der Waals surface area contributed by atoms with Gasteiger partial charge in [0.15, 0.2) is 0 Å². The number of nitrogens with zero attached hydrogens (tertiary/aromatic N) is 1. The highest BCUT2D eigenvalue weighted by atomic mass is 35.5. The second kappa shape index (κ2) is 6.10. The number of aryl methyl sites for hydroxylation is 1. The van der Waals surface area contributed by atoms with E-state index in [1.165, 1.54) is 6.07 Å². The van der Waals surface area contributed by atoms with Gasteiger partial charge in [-0.2, -0.15) is 0 Å². The Balaban J connectivity index is 2.27. The highest BCUT2D eigenvalue weighted by molar-refractivity contribution is 6.31. The van der Waals surface area contributed by atoms with E-state index >= 15 is 0 Å². The number of benzene rings is 1. The van der Waals surface area contributed by atoms with E-state index in [0.29, 0.717) is 17.1 Å². The predicted octanol–water partition coefficient (Wildman–Crippen LogP) is 2.93. The van der Waals surface area contributed by atoms with Gasteiger partial charge in [0.05, 0.1) is 11.7 Å². The minimum atomic E-state index is -0.415. The molecule has 2 rings (SSSR count). The van der Waals surface area contributed by atoms with Crippen molar-refractivity contribution in [2.75, 3.05) is 0 Å². The van der Waals surface area contributed by atoms with Crippen molar-refractivity contribution in [1.82, 2.24) is 10.4 Å². The lowest BCUT2D eigenvalue weighted by molar-refractivity contribution is 0.495. The summed E-state index contributed by atoms with van der Waals surface area (Å²) >= 11 is 6.18. The van der Waals surface area contributed by atoms with Gasteiger partial charge in [0.1, 0.15) is 5.82 Å². The Labute approximate surface area is 116 Å². The fraction of sp³-hybridized carbons (Fsp3) is 0.214. The zero-order valence-electron chi connectivity index (χ0n) is 10.5. The first-order valence-corrected chi connectivity index (χ1v) is 6.31. The second-order valence-electron chi connectivity index (χ2n) is 4.39. The van der Waals surface area contributed by atoms with Crippen LogP contribution in [0.5, 0.6) is 0 Å². The minimum Gasteiger partial charge on any atom is -0.271 e. The van der Waals surface area contributed by atoms with Gasteiger partial charge in [0, 0.05) is 11.2 Å². The number of halogens is 2. The molecule has 0 bridgehead atoms. The maximum absolute atomic E-state index is 13.7. The Hall–Kier alpha value is -1.49. The molecule has 2 aromatic rings. The zero-order chi connectivity index (χ0) is 13.8. The predicted molar refractivity (Wildman–Crippen MR) is 74.2 cm³/mol. The summed E-state index contributed by atoms with van der Waals surface area (Å²) in [5.41, 5.74) is 4.86. The van der Waals surface area contributed by atoms with E-state index in [4.69, 9.17) is 17.4 Å². The van der Waals surface area contributed by atoms with Crippen LogP contribution in [0.25, 0.3) is 0 Å². The summed E-state index contributed by atoms with van der Waals surface area (Å²) in [5, 5.41) is 0.650. The fourth-order valence-electron chi connectivity index (χ4n) is 1.93. The largest absolute Gasteiger partial charge is 0.271 e. The number of nitrogens with one attached hydrogen (secondary N) is 1. The van der Waals surface area contributed by atoms with E-state index in [0.717, 1.165) is 11.1 Å². The summed E-state index contributed by atoms with van der Waals surface area (Å²) in [4.78, 5) is 4.03. The Morgan fingerprint density at radius 1 is 1.42 bits per heavy atom. The molecule has 5 heteroatoms. The molecule has 0 saturated heterocycles. The van der Waals surface area contributed by atoms with Gasteiger partial charge in [-0.05, 0) is 42.7 Å². The molecule has 0 spiro atoms. The van der Waals surface area contributed by atoms with E-state index in [2.05, 4.69) is 10.4 Å². The van der Waals surface area contributed by atoms with E-state index < -0.39 is 6.04 Å². The second-order valence-corrected chi connectivity index (χ2v) is 4.80. The van der Waals surface area contributed by atoms with Crippen molar-refractivity contribution < 1.29 is 4.39 Å². The fourth-order valence-corrected chi connectivity index (χ4v) is 2.24. The number of rotatable bonds is 4. The molecule has 1 aromatic heterocycles. The van der Waals surface area contributed by atoms with Crippen LogP contribution in [0, 0.1) is 12.7 Å². The average Bonchev–Trinajstić information content (AvgIpc) is 2.39. The van der Waals surface area contributed by atoms with Crippen molar-refractivity contribution in [3.63, 3.8) is 0 Å². The molecule has 3 nitrogen and oxygen atoms in total. The molecule has 0 aliphatic heterocycles. The van der Waals surface area contributed by atoms with E-state index in [9.17, 15) is 4.39 Å². The Bertz CT molecular complexity index is 574. The van der Waals surface area contributed by atoms with Crippen LogP contribution >= 0.6 is 11.6 Å². The van der Waals surface area contributed by atoms with Gasteiger partial charge in [-0.15, -0.1) is 0 Å². The summed E-state index contributed by atoms with van der Waals surface area (Å²) in [6, 6.07) is 8.25. The molecule has 1 heterocycles. The Morgan fingerprint density at radius 2 is 2.21 bits per heavy atom. The first-order chi connectivity index (χ1) is 9.11. The van der Waals surface area contributed by atoms with Crippen molar-refractivity contribution in [1.29, 1.82) is 0 Å². The van der Waals surface area contributed by atoms with Gasteiger partial charge in [-0.1, -0.05) is 23.7 Å². The summed E-state index contributed by atoms with van der Waals surface area (Å²) < 4.78 is 13.7. The maximum atomic E-state index is 13.7. The molecule has 0 aliphatic carbocycles. The van der Waals surface area contributed by atoms with Crippen LogP contribution < -0.4 is 11.3 Å². The third kappa shape index (κ3) is 3.29. The third-order valence-corrected chi connectivity index (χ3v) is 3.30. The van der Waals surface area contributed by atoms with Crippen LogP contribution in [-0.4, -0.2) is 4.98 Å². The standard InChI is InChI=1S/C14H15ClFN3/c1-9-4-5-10(11(15)7-9)8-13(19-17)14-12(16)3-2-6-18-14/h2-7,13,19H,8,17H2,1H3. The molecule has 100 valence electrons. The van der Waals surface area contributed by atoms with Gasteiger partial charge in [0.25, 0.3) is 0 Å². The molecule has 3 N–H and O–H groups in total. The number of nitrogens with two attached hydrogens (primary N) is 1. The SMILES string of the molecule is Cc1ccc(CC(NN)c2ncccc2F)c(Cl)c1. The van der Waals surface area contributed by atoms with Crippen molar-refractivity contribution in [3.05, 3.63) is 64.2 Å².